The second-order valence-electron chi connectivity index (χ2n) is 5.08. The van der Waals surface area contributed by atoms with Crippen LogP contribution >= 0.6 is 0 Å². The SMILES string of the molecule is CC1CC(NCC(C)C2CNC2)C1. The molecule has 0 radical (unpaired) electrons. The van der Waals surface area contributed by atoms with Gasteiger partial charge in [0.2, 0.25) is 0 Å². The Morgan fingerprint density at radius 3 is 2.54 bits per heavy atom. The van der Waals surface area contributed by atoms with Gasteiger partial charge in [0.25, 0.3) is 0 Å². The van der Waals surface area contributed by atoms with Gasteiger partial charge in [0.05, 0.1) is 0 Å². The predicted octanol–water partition coefficient (Wildman–Crippen LogP) is 1.23. The van der Waals surface area contributed by atoms with Crippen molar-refractivity contribution < 1.29 is 0 Å². The van der Waals surface area contributed by atoms with Gasteiger partial charge in [-0.05, 0) is 50.2 Å². The summed E-state index contributed by atoms with van der Waals surface area (Å²) in [6, 6.07) is 0.838. The number of rotatable bonds is 4. The van der Waals surface area contributed by atoms with Gasteiger partial charge in [-0.1, -0.05) is 13.8 Å². The number of hydrogen-bond donors (Lipinski definition) is 2. The van der Waals surface area contributed by atoms with Crippen molar-refractivity contribution in [2.75, 3.05) is 19.6 Å². The third kappa shape index (κ3) is 2.23. The molecule has 0 aromatic carbocycles. The summed E-state index contributed by atoms with van der Waals surface area (Å²) in [6.07, 6.45) is 2.80. The topological polar surface area (TPSA) is 24.1 Å². The minimum atomic E-state index is 0.838. The first-order valence-corrected chi connectivity index (χ1v) is 5.70. The molecule has 2 aliphatic rings. The molecule has 0 aromatic rings. The highest BCUT2D eigenvalue weighted by atomic mass is 15.0. The summed E-state index contributed by atoms with van der Waals surface area (Å²) >= 11 is 0. The maximum absolute atomic E-state index is 3.67. The minimum absolute atomic E-state index is 0.838. The molecular weight excluding hydrogens is 160 g/mol. The molecule has 2 nitrogen and oxygen atoms in total. The van der Waals surface area contributed by atoms with Crippen LogP contribution in [0.5, 0.6) is 0 Å². The standard InChI is InChI=1S/C11H22N2/c1-8-3-11(4-8)13-5-9(2)10-6-12-7-10/h8-13H,3-7H2,1-2H3. The Bertz CT molecular complexity index is 159. The lowest BCUT2D eigenvalue weighted by atomic mass is 9.81. The van der Waals surface area contributed by atoms with Gasteiger partial charge in [-0.3, -0.25) is 0 Å². The van der Waals surface area contributed by atoms with Crippen LogP contribution in [-0.2, 0) is 0 Å². The zero-order chi connectivity index (χ0) is 9.26. The maximum Gasteiger partial charge on any atom is 0.00722 e. The Labute approximate surface area is 81.5 Å². The monoisotopic (exact) mass is 182 g/mol. The van der Waals surface area contributed by atoms with Crippen LogP contribution in [0.4, 0.5) is 0 Å². The van der Waals surface area contributed by atoms with Crippen LogP contribution in [0.3, 0.4) is 0 Å². The summed E-state index contributed by atoms with van der Waals surface area (Å²) < 4.78 is 0. The second kappa shape index (κ2) is 3.97. The summed E-state index contributed by atoms with van der Waals surface area (Å²) in [6.45, 7) is 8.43. The molecule has 0 aromatic heterocycles. The fourth-order valence-corrected chi connectivity index (χ4v) is 2.30. The molecule has 1 heterocycles. The van der Waals surface area contributed by atoms with Crippen LogP contribution < -0.4 is 10.6 Å². The fourth-order valence-electron chi connectivity index (χ4n) is 2.30. The van der Waals surface area contributed by atoms with Gasteiger partial charge in [0.15, 0.2) is 0 Å². The van der Waals surface area contributed by atoms with Crippen molar-refractivity contribution in [1.82, 2.24) is 10.6 Å². The van der Waals surface area contributed by atoms with E-state index >= 15 is 0 Å². The highest BCUT2D eigenvalue weighted by Gasteiger charge is 2.27. The van der Waals surface area contributed by atoms with Crippen molar-refractivity contribution >= 4 is 0 Å². The molecule has 1 atom stereocenters. The molecule has 1 aliphatic heterocycles. The first-order valence-electron chi connectivity index (χ1n) is 5.70. The van der Waals surface area contributed by atoms with Gasteiger partial charge in [0, 0.05) is 6.04 Å². The molecule has 2 heteroatoms. The van der Waals surface area contributed by atoms with Crippen molar-refractivity contribution in [2.24, 2.45) is 17.8 Å². The van der Waals surface area contributed by atoms with Crippen molar-refractivity contribution in [3.8, 4) is 0 Å². The maximum atomic E-state index is 3.67. The minimum Gasteiger partial charge on any atom is -0.316 e. The van der Waals surface area contributed by atoms with E-state index < -0.39 is 0 Å². The molecule has 13 heavy (non-hydrogen) atoms. The zero-order valence-electron chi connectivity index (χ0n) is 8.84. The second-order valence-corrected chi connectivity index (χ2v) is 5.08. The molecule has 0 spiro atoms. The molecular formula is C11H22N2. The van der Waals surface area contributed by atoms with E-state index in [0.29, 0.717) is 0 Å². The Hall–Kier alpha value is -0.0800. The Morgan fingerprint density at radius 1 is 1.38 bits per heavy atom. The number of hydrogen-bond acceptors (Lipinski definition) is 2. The van der Waals surface area contributed by atoms with Crippen LogP contribution in [-0.4, -0.2) is 25.7 Å². The molecule has 1 saturated carbocycles. The largest absolute Gasteiger partial charge is 0.316 e. The highest BCUT2D eigenvalue weighted by Crippen LogP contribution is 2.26. The fraction of sp³-hybridized carbons (Fsp3) is 1.00. The van der Waals surface area contributed by atoms with Gasteiger partial charge in [-0.2, -0.15) is 0 Å². The van der Waals surface area contributed by atoms with E-state index in [1.807, 2.05) is 0 Å². The Morgan fingerprint density at radius 2 is 2.08 bits per heavy atom. The van der Waals surface area contributed by atoms with E-state index in [9.17, 15) is 0 Å². The van der Waals surface area contributed by atoms with Gasteiger partial charge in [-0.25, -0.2) is 0 Å². The van der Waals surface area contributed by atoms with Crippen molar-refractivity contribution in [1.29, 1.82) is 0 Å². The third-order valence-electron chi connectivity index (χ3n) is 3.72. The smallest absolute Gasteiger partial charge is 0.00722 e. The van der Waals surface area contributed by atoms with Crippen molar-refractivity contribution in [2.45, 2.75) is 32.7 Å². The van der Waals surface area contributed by atoms with Gasteiger partial charge >= 0.3 is 0 Å². The quantitative estimate of drug-likeness (QED) is 0.683. The van der Waals surface area contributed by atoms with Gasteiger partial charge < -0.3 is 10.6 Å². The van der Waals surface area contributed by atoms with Gasteiger partial charge in [0.1, 0.15) is 0 Å². The molecule has 2 fully saturated rings. The Kier molecular flexibility index (Phi) is 2.89. The molecule has 76 valence electrons. The first kappa shape index (κ1) is 9.47. The van der Waals surface area contributed by atoms with Crippen LogP contribution in [0.2, 0.25) is 0 Å². The summed E-state index contributed by atoms with van der Waals surface area (Å²) in [4.78, 5) is 0. The van der Waals surface area contributed by atoms with Crippen molar-refractivity contribution in [3.63, 3.8) is 0 Å². The predicted molar refractivity (Wildman–Crippen MR) is 55.7 cm³/mol. The average molecular weight is 182 g/mol. The normalized spacial score (nSPS) is 36.5. The summed E-state index contributed by atoms with van der Waals surface area (Å²) in [5.74, 6) is 2.76. The highest BCUT2D eigenvalue weighted by molar-refractivity contribution is 4.85. The summed E-state index contributed by atoms with van der Waals surface area (Å²) in [5.41, 5.74) is 0. The number of nitrogens with one attached hydrogen (secondary N) is 2. The summed E-state index contributed by atoms with van der Waals surface area (Å²) in [5, 5.41) is 7.01. The molecule has 1 unspecified atom stereocenters. The van der Waals surface area contributed by atoms with E-state index in [-0.39, 0.29) is 0 Å². The van der Waals surface area contributed by atoms with Crippen molar-refractivity contribution in [3.05, 3.63) is 0 Å². The van der Waals surface area contributed by atoms with E-state index in [2.05, 4.69) is 24.5 Å². The van der Waals surface area contributed by atoms with Crippen LogP contribution in [0, 0.1) is 17.8 Å². The van der Waals surface area contributed by atoms with E-state index in [1.165, 1.54) is 32.5 Å². The molecule has 2 N–H and O–H groups in total. The lowest BCUT2D eigenvalue weighted by Gasteiger charge is -2.37. The van der Waals surface area contributed by atoms with Crippen LogP contribution in [0.15, 0.2) is 0 Å². The lowest BCUT2D eigenvalue weighted by Crippen LogP contribution is -2.50. The van der Waals surface area contributed by atoms with Crippen LogP contribution in [0.25, 0.3) is 0 Å². The van der Waals surface area contributed by atoms with E-state index in [0.717, 1.165) is 23.8 Å². The molecule has 0 amide bonds. The van der Waals surface area contributed by atoms with E-state index in [1.54, 1.807) is 0 Å². The molecule has 1 aliphatic carbocycles. The molecule has 1 saturated heterocycles. The lowest BCUT2D eigenvalue weighted by molar-refractivity contribution is 0.197. The van der Waals surface area contributed by atoms with Crippen LogP contribution in [0.1, 0.15) is 26.7 Å². The first-order chi connectivity index (χ1) is 6.25. The molecule has 2 rings (SSSR count). The average Bonchev–Trinajstić information content (AvgIpc) is 1.92. The Balaban J connectivity index is 1.56. The third-order valence-corrected chi connectivity index (χ3v) is 3.72. The zero-order valence-corrected chi connectivity index (χ0v) is 8.84. The van der Waals surface area contributed by atoms with E-state index in [4.69, 9.17) is 0 Å². The summed E-state index contributed by atoms with van der Waals surface area (Å²) in [7, 11) is 0. The van der Waals surface area contributed by atoms with Gasteiger partial charge in [-0.15, -0.1) is 0 Å². The molecule has 0 bridgehead atoms.